The van der Waals surface area contributed by atoms with Crippen LogP contribution in [0, 0.1) is 0 Å². The van der Waals surface area contributed by atoms with Gasteiger partial charge in [-0.3, -0.25) is 14.4 Å². The van der Waals surface area contributed by atoms with Gasteiger partial charge in [0.15, 0.2) is 0 Å². The smallest absolute Gasteiger partial charge is 0.306 e. The number of amides is 1. The normalized spacial score (nSPS) is 10.6. The van der Waals surface area contributed by atoms with E-state index in [2.05, 4.69) is 15.3 Å². The monoisotopic (exact) mass is 343 g/mol. The van der Waals surface area contributed by atoms with Gasteiger partial charge in [0.05, 0.1) is 13.0 Å². The van der Waals surface area contributed by atoms with Crippen LogP contribution >= 0.6 is 0 Å². The molecule has 0 saturated heterocycles. The number of benzene rings is 1. The Kier molecular flexibility index (Phi) is 6.05. The number of nitrogens with zero attached hydrogens (tertiary/aromatic N) is 1. The van der Waals surface area contributed by atoms with Crippen molar-refractivity contribution in [2.75, 3.05) is 13.7 Å². The molecular weight excluding hydrogens is 326 g/mol. The summed E-state index contributed by atoms with van der Waals surface area (Å²) in [5, 5.41) is 10.9. The summed E-state index contributed by atoms with van der Waals surface area (Å²) >= 11 is 0. The first-order valence-corrected chi connectivity index (χ1v) is 7.43. The third-order valence-corrected chi connectivity index (χ3v) is 3.19. The van der Waals surface area contributed by atoms with Crippen LogP contribution in [0.5, 0.6) is 5.75 Å². The predicted octanol–water partition coefficient (Wildman–Crippen LogP) is 1.15. The van der Waals surface area contributed by atoms with Crippen molar-refractivity contribution >= 4 is 24.0 Å². The average Bonchev–Trinajstić information content (AvgIpc) is 2.60. The number of carbonyl (C=O) groups excluding carboxylic acids is 1. The summed E-state index contributed by atoms with van der Waals surface area (Å²) in [6.45, 7) is 0.105. The van der Waals surface area contributed by atoms with E-state index in [1.807, 2.05) is 0 Å². The van der Waals surface area contributed by atoms with Crippen molar-refractivity contribution in [3.05, 3.63) is 57.8 Å². The Morgan fingerprint density at radius 3 is 2.60 bits per heavy atom. The van der Waals surface area contributed by atoms with E-state index in [9.17, 15) is 14.4 Å². The number of H-pyrrole nitrogens is 1. The highest BCUT2D eigenvalue weighted by molar-refractivity contribution is 5.93. The maximum Gasteiger partial charge on any atom is 0.306 e. The van der Waals surface area contributed by atoms with Crippen molar-refractivity contribution in [3.63, 3.8) is 0 Å². The number of rotatable bonds is 7. The Bertz CT molecular complexity index is 840. The minimum Gasteiger partial charge on any atom is -0.493 e. The summed E-state index contributed by atoms with van der Waals surface area (Å²) in [7, 11) is 1.44. The van der Waals surface area contributed by atoms with Crippen LogP contribution in [0.1, 0.15) is 28.2 Å². The highest BCUT2D eigenvalue weighted by Crippen LogP contribution is 2.14. The number of carboxylic acid groups (broad SMARTS) is 1. The molecule has 0 spiro atoms. The molecule has 130 valence electrons. The number of aliphatic carboxylic acids is 1. The molecule has 1 aromatic heterocycles. The molecule has 1 heterocycles. The molecule has 2 aromatic rings. The van der Waals surface area contributed by atoms with Crippen molar-refractivity contribution in [3.8, 4) is 5.75 Å². The number of aromatic amines is 1. The van der Waals surface area contributed by atoms with Crippen LogP contribution in [0.15, 0.2) is 35.3 Å². The van der Waals surface area contributed by atoms with Gasteiger partial charge in [0.2, 0.25) is 0 Å². The fourth-order valence-electron chi connectivity index (χ4n) is 1.90. The summed E-state index contributed by atoms with van der Waals surface area (Å²) in [4.78, 5) is 40.2. The van der Waals surface area contributed by atoms with E-state index in [-0.39, 0.29) is 18.6 Å². The molecule has 2 rings (SSSR count). The van der Waals surface area contributed by atoms with Gasteiger partial charge in [-0.25, -0.2) is 4.98 Å². The number of carboxylic acids is 1. The fraction of sp³-hybridized carbons (Fsp3) is 0.176. The lowest BCUT2D eigenvalue weighted by atomic mass is 10.2. The van der Waals surface area contributed by atoms with Gasteiger partial charge in [0.1, 0.15) is 17.1 Å². The van der Waals surface area contributed by atoms with Gasteiger partial charge in [-0.05, 0) is 23.8 Å². The van der Waals surface area contributed by atoms with Crippen LogP contribution in [0.4, 0.5) is 0 Å². The molecule has 0 aliphatic heterocycles. The molecule has 0 radical (unpaired) electrons. The zero-order valence-electron chi connectivity index (χ0n) is 13.5. The fourth-order valence-corrected chi connectivity index (χ4v) is 1.90. The largest absolute Gasteiger partial charge is 0.493 e. The maximum absolute atomic E-state index is 11.8. The zero-order valence-corrected chi connectivity index (χ0v) is 13.5. The summed E-state index contributed by atoms with van der Waals surface area (Å²) in [5.41, 5.74) is 0.266. The van der Waals surface area contributed by atoms with E-state index < -0.39 is 17.4 Å². The first kappa shape index (κ1) is 17.9. The van der Waals surface area contributed by atoms with Crippen LogP contribution in [0.2, 0.25) is 0 Å². The van der Waals surface area contributed by atoms with Crippen LogP contribution in [-0.2, 0) is 4.79 Å². The molecule has 0 aliphatic carbocycles. The lowest BCUT2D eigenvalue weighted by Crippen LogP contribution is -2.27. The van der Waals surface area contributed by atoms with Crippen molar-refractivity contribution in [2.45, 2.75) is 6.42 Å². The Morgan fingerprint density at radius 2 is 2.00 bits per heavy atom. The van der Waals surface area contributed by atoms with Crippen LogP contribution in [0.25, 0.3) is 12.2 Å². The van der Waals surface area contributed by atoms with Gasteiger partial charge < -0.3 is 20.1 Å². The van der Waals surface area contributed by atoms with Gasteiger partial charge >= 0.3 is 5.97 Å². The molecule has 0 bridgehead atoms. The maximum atomic E-state index is 11.8. The van der Waals surface area contributed by atoms with Crippen molar-refractivity contribution in [2.24, 2.45) is 0 Å². The molecule has 1 aromatic carbocycles. The van der Waals surface area contributed by atoms with Crippen molar-refractivity contribution in [1.82, 2.24) is 15.3 Å². The van der Waals surface area contributed by atoms with Crippen LogP contribution in [-0.4, -0.2) is 40.6 Å². The number of aromatic nitrogens is 2. The first-order valence-electron chi connectivity index (χ1n) is 7.43. The Morgan fingerprint density at radius 1 is 1.28 bits per heavy atom. The molecular formula is C17H17N3O5. The van der Waals surface area contributed by atoms with E-state index in [0.717, 1.165) is 5.56 Å². The zero-order chi connectivity index (χ0) is 18.2. The Hall–Kier alpha value is -3.42. The molecule has 0 unspecified atom stereocenters. The van der Waals surface area contributed by atoms with Crippen molar-refractivity contribution < 1.29 is 19.4 Å². The molecule has 1 amide bonds. The van der Waals surface area contributed by atoms with Gasteiger partial charge in [-0.2, -0.15) is 0 Å². The van der Waals surface area contributed by atoms with Gasteiger partial charge in [0.25, 0.3) is 11.5 Å². The highest BCUT2D eigenvalue weighted by atomic mass is 16.5. The molecule has 8 nitrogen and oxygen atoms in total. The Labute approximate surface area is 143 Å². The van der Waals surface area contributed by atoms with Crippen LogP contribution in [0.3, 0.4) is 0 Å². The standard InChI is InChI=1S/C17H17N3O5/c1-18-16(23)13-10-19-14(20-17(13)24)7-4-11-2-5-12(6-3-11)25-9-8-15(21)22/h2-7,10H,8-9H2,1H3,(H,18,23)(H,21,22)(H,19,20,24)/b7-4+. The highest BCUT2D eigenvalue weighted by Gasteiger charge is 2.08. The van der Waals surface area contributed by atoms with Crippen LogP contribution < -0.4 is 15.6 Å². The number of ether oxygens (including phenoxy) is 1. The molecule has 0 fully saturated rings. The van der Waals surface area contributed by atoms with Gasteiger partial charge in [-0.15, -0.1) is 0 Å². The third kappa shape index (κ3) is 5.31. The van der Waals surface area contributed by atoms with E-state index in [4.69, 9.17) is 9.84 Å². The first-order chi connectivity index (χ1) is 12.0. The Balaban J connectivity index is 2.02. The molecule has 3 N–H and O–H groups in total. The number of hydrogen-bond donors (Lipinski definition) is 3. The topological polar surface area (TPSA) is 121 Å². The average molecular weight is 343 g/mol. The van der Waals surface area contributed by atoms with E-state index in [1.54, 1.807) is 36.4 Å². The second kappa shape index (κ2) is 8.44. The summed E-state index contributed by atoms with van der Waals surface area (Å²) in [6, 6.07) is 6.99. The summed E-state index contributed by atoms with van der Waals surface area (Å²) in [5.74, 6) is -0.523. The summed E-state index contributed by atoms with van der Waals surface area (Å²) < 4.78 is 5.29. The second-order valence-electron chi connectivity index (χ2n) is 4.98. The lowest BCUT2D eigenvalue weighted by Gasteiger charge is -2.04. The summed E-state index contributed by atoms with van der Waals surface area (Å²) in [6.07, 6.45) is 4.50. The van der Waals surface area contributed by atoms with Crippen molar-refractivity contribution in [1.29, 1.82) is 0 Å². The van der Waals surface area contributed by atoms with Gasteiger partial charge in [0, 0.05) is 13.2 Å². The number of nitrogens with one attached hydrogen (secondary N) is 2. The molecule has 0 atom stereocenters. The molecule has 25 heavy (non-hydrogen) atoms. The molecule has 8 heteroatoms. The second-order valence-corrected chi connectivity index (χ2v) is 4.98. The number of hydrogen-bond acceptors (Lipinski definition) is 5. The van der Waals surface area contributed by atoms with E-state index in [0.29, 0.717) is 11.6 Å². The predicted molar refractivity (Wildman–Crippen MR) is 91.4 cm³/mol. The molecule has 0 aliphatic rings. The number of carbonyl (C=O) groups is 2. The molecule has 0 saturated carbocycles. The van der Waals surface area contributed by atoms with Gasteiger partial charge in [-0.1, -0.05) is 18.2 Å². The third-order valence-electron chi connectivity index (χ3n) is 3.19. The van der Waals surface area contributed by atoms with E-state index in [1.165, 1.54) is 13.2 Å². The van der Waals surface area contributed by atoms with E-state index >= 15 is 0 Å². The minimum atomic E-state index is -0.913. The minimum absolute atomic E-state index is 0.0532. The lowest BCUT2D eigenvalue weighted by molar-refractivity contribution is -0.137. The SMILES string of the molecule is CNC(=O)c1cnc(/C=C/c2ccc(OCCC(=O)O)cc2)[nH]c1=O. The quantitative estimate of drug-likeness (QED) is 0.693.